The van der Waals surface area contributed by atoms with Crippen LogP contribution in [0.2, 0.25) is 0 Å². The minimum atomic E-state index is 0.393. The lowest BCUT2D eigenvalue weighted by Crippen LogP contribution is -1.99. The van der Waals surface area contributed by atoms with Gasteiger partial charge < -0.3 is 4.74 Å². The zero-order valence-electron chi connectivity index (χ0n) is 11.1. The van der Waals surface area contributed by atoms with Crippen molar-refractivity contribution in [2.75, 3.05) is 0 Å². The van der Waals surface area contributed by atoms with Crippen molar-refractivity contribution in [3.05, 3.63) is 70.3 Å². The molecule has 21 heavy (non-hydrogen) atoms. The molecule has 102 valence electrons. The van der Waals surface area contributed by atoms with E-state index in [1.807, 2.05) is 48.5 Å². The molecule has 3 aromatic rings. The molecule has 0 aliphatic rings. The minimum absolute atomic E-state index is 0.393. The molecule has 0 fully saturated rings. The molecule has 0 saturated carbocycles. The second kappa shape index (κ2) is 5.94. The Balaban J connectivity index is 2.00. The standard InChI is InChI=1S/C17H11BrN2O/c18-15-7-3-1-5-12(15)11-21-17-13(9-19)10-20-16-8-4-2-6-14(16)17/h1-8,10H,11H2. The molecule has 0 N–H and O–H groups in total. The molecule has 2 aromatic carbocycles. The number of fused-ring (bicyclic) bond motifs is 1. The van der Waals surface area contributed by atoms with Gasteiger partial charge in [0.15, 0.2) is 0 Å². The predicted octanol–water partition coefficient (Wildman–Crippen LogP) is 4.45. The lowest BCUT2D eigenvalue weighted by atomic mass is 10.1. The summed E-state index contributed by atoms with van der Waals surface area (Å²) >= 11 is 3.50. The van der Waals surface area contributed by atoms with E-state index in [2.05, 4.69) is 27.0 Å². The summed E-state index contributed by atoms with van der Waals surface area (Å²) in [6, 6.07) is 17.7. The third-order valence-electron chi connectivity index (χ3n) is 3.18. The summed E-state index contributed by atoms with van der Waals surface area (Å²) in [5, 5.41) is 10.1. The molecule has 1 heterocycles. The predicted molar refractivity (Wildman–Crippen MR) is 84.9 cm³/mol. The molecule has 0 unspecified atom stereocenters. The average Bonchev–Trinajstić information content (AvgIpc) is 2.53. The number of halogens is 1. The molecular weight excluding hydrogens is 328 g/mol. The molecule has 0 amide bonds. The van der Waals surface area contributed by atoms with E-state index < -0.39 is 0 Å². The van der Waals surface area contributed by atoms with Gasteiger partial charge in [-0.3, -0.25) is 4.98 Å². The summed E-state index contributed by atoms with van der Waals surface area (Å²) in [6.45, 7) is 0.393. The van der Waals surface area contributed by atoms with Crippen molar-refractivity contribution < 1.29 is 4.74 Å². The van der Waals surface area contributed by atoms with Crippen molar-refractivity contribution in [1.29, 1.82) is 5.26 Å². The van der Waals surface area contributed by atoms with Gasteiger partial charge >= 0.3 is 0 Å². The lowest BCUT2D eigenvalue weighted by molar-refractivity contribution is 0.308. The minimum Gasteiger partial charge on any atom is -0.487 e. The van der Waals surface area contributed by atoms with Gasteiger partial charge in [0.1, 0.15) is 24.0 Å². The Labute approximate surface area is 130 Å². The van der Waals surface area contributed by atoms with Crippen LogP contribution in [0.15, 0.2) is 59.2 Å². The van der Waals surface area contributed by atoms with Crippen LogP contribution < -0.4 is 4.74 Å². The second-order valence-electron chi connectivity index (χ2n) is 4.51. The van der Waals surface area contributed by atoms with E-state index in [4.69, 9.17) is 4.74 Å². The first-order valence-corrected chi connectivity index (χ1v) is 7.23. The Morgan fingerprint density at radius 2 is 1.86 bits per heavy atom. The van der Waals surface area contributed by atoms with Gasteiger partial charge in [0, 0.05) is 21.6 Å². The van der Waals surface area contributed by atoms with Gasteiger partial charge in [0.05, 0.1) is 5.52 Å². The first kappa shape index (κ1) is 13.6. The Kier molecular flexibility index (Phi) is 3.85. The van der Waals surface area contributed by atoms with Crippen LogP contribution in [0, 0.1) is 11.3 Å². The van der Waals surface area contributed by atoms with Gasteiger partial charge in [-0.1, -0.05) is 46.3 Å². The van der Waals surface area contributed by atoms with Crippen LogP contribution in [0.4, 0.5) is 0 Å². The number of nitrogens with zero attached hydrogens (tertiary/aromatic N) is 2. The van der Waals surface area contributed by atoms with Gasteiger partial charge in [0.25, 0.3) is 0 Å². The van der Waals surface area contributed by atoms with Crippen LogP contribution in [0.25, 0.3) is 10.9 Å². The molecule has 0 aliphatic heterocycles. The summed E-state index contributed by atoms with van der Waals surface area (Å²) in [6.07, 6.45) is 1.55. The van der Waals surface area contributed by atoms with Crippen molar-refractivity contribution in [2.24, 2.45) is 0 Å². The Hall–Kier alpha value is -2.38. The topological polar surface area (TPSA) is 45.9 Å². The third-order valence-corrected chi connectivity index (χ3v) is 3.95. The van der Waals surface area contributed by atoms with E-state index in [9.17, 15) is 5.26 Å². The van der Waals surface area contributed by atoms with Crippen molar-refractivity contribution in [2.45, 2.75) is 6.61 Å². The number of hydrogen-bond acceptors (Lipinski definition) is 3. The average molecular weight is 339 g/mol. The maximum Gasteiger partial charge on any atom is 0.148 e. The lowest BCUT2D eigenvalue weighted by Gasteiger charge is -2.11. The van der Waals surface area contributed by atoms with Gasteiger partial charge in [-0.25, -0.2) is 0 Å². The van der Waals surface area contributed by atoms with Crippen molar-refractivity contribution in [3.8, 4) is 11.8 Å². The van der Waals surface area contributed by atoms with Gasteiger partial charge in [-0.05, 0) is 18.2 Å². The van der Waals surface area contributed by atoms with Crippen LogP contribution in [0.1, 0.15) is 11.1 Å². The molecule has 0 saturated heterocycles. The van der Waals surface area contributed by atoms with E-state index in [1.165, 1.54) is 0 Å². The highest BCUT2D eigenvalue weighted by atomic mass is 79.9. The Morgan fingerprint density at radius 3 is 2.67 bits per heavy atom. The summed E-state index contributed by atoms with van der Waals surface area (Å²) in [5.74, 6) is 0.582. The van der Waals surface area contributed by atoms with Gasteiger partial charge in [0.2, 0.25) is 0 Å². The first-order valence-electron chi connectivity index (χ1n) is 6.43. The summed E-state index contributed by atoms with van der Waals surface area (Å²) in [4.78, 5) is 4.27. The number of para-hydroxylation sites is 1. The van der Waals surface area contributed by atoms with Gasteiger partial charge in [-0.2, -0.15) is 5.26 Å². The third kappa shape index (κ3) is 2.74. The molecule has 0 spiro atoms. The molecule has 3 nitrogen and oxygen atoms in total. The van der Waals surface area contributed by atoms with Crippen molar-refractivity contribution in [1.82, 2.24) is 4.98 Å². The number of ether oxygens (including phenoxy) is 1. The van der Waals surface area contributed by atoms with E-state index in [-0.39, 0.29) is 0 Å². The van der Waals surface area contributed by atoms with Crippen molar-refractivity contribution >= 4 is 26.8 Å². The van der Waals surface area contributed by atoms with E-state index in [1.54, 1.807) is 6.20 Å². The molecular formula is C17H11BrN2O. The fraction of sp³-hybridized carbons (Fsp3) is 0.0588. The normalized spacial score (nSPS) is 10.3. The number of pyridine rings is 1. The van der Waals surface area contributed by atoms with E-state index in [0.717, 1.165) is 20.9 Å². The van der Waals surface area contributed by atoms with Crippen molar-refractivity contribution in [3.63, 3.8) is 0 Å². The van der Waals surface area contributed by atoms with Crippen LogP contribution in [-0.4, -0.2) is 4.98 Å². The number of rotatable bonds is 3. The SMILES string of the molecule is N#Cc1cnc2ccccc2c1OCc1ccccc1Br. The van der Waals surface area contributed by atoms with E-state index in [0.29, 0.717) is 17.9 Å². The number of benzene rings is 2. The molecule has 0 bridgehead atoms. The quantitative estimate of drug-likeness (QED) is 0.708. The highest BCUT2D eigenvalue weighted by Crippen LogP contribution is 2.29. The maximum atomic E-state index is 9.25. The smallest absolute Gasteiger partial charge is 0.148 e. The molecule has 0 radical (unpaired) electrons. The highest BCUT2D eigenvalue weighted by molar-refractivity contribution is 9.10. The van der Waals surface area contributed by atoms with Crippen LogP contribution in [0.5, 0.6) is 5.75 Å². The number of nitriles is 1. The zero-order valence-corrected chi connectivity index (χ0v) is 12.7. The number of hydrogen-bond donors (Lipinski definition) is 0. The van der Waals surface area contributed by atoms with Crippen LogP contribution in [0.3, 0.4) is 0 Å². The van der Waals surface area contributed by atoms with Crippen LogP contribution in [-0.2, 0) is 6.61 Å². The van der Waals surface area contributed by atoms with Gasteiger partial charge in [-0.15, -0.1) is 0 Å². The second-order valence-corrected chi connectivity index (χ2v) is 5.36. The fourth-order valence-electron chi connectivity index (χ4n) is 2.12. The largest absolute Gasteiger partial charge is 0.487 e. The summed E-state index contributed by atoms with van der Waals surface area (Å²) < 4.78 is 6.90. The zero-order chi connectivity index (χ0) is 14.7. The molecule has 0 aliphatic carbocycles. The monoisotopic (exact) mass is 338 g/mol. The summed E-state index contributed by atoms with van der Waals surface area (Å²) in [7, 11) is 0. The number of aromatic nitrogens is 1. The first-order chi connectivity index (χ1) is 10.3. The maximum absolute atomic E-state index is 9.25. The van der Waals surface area contributed by atoms with Crippen LogP contribution >= 0.6 is 15.9 Å². The Bertz CT molecular complexity index is 840. The molecule has 0 atom stereocenters. The Morgan fingerprint density at radius 1 is 1.10 bits per heavy atom. The highest BCUT2D eigenvalue weighted by Gasteiger charge is 2.10. The molecule has 4 heteroatoms. The molecule has 3 rings (SSSR count). The summed E-state index contributed by atoms with van der Waals surface area (Å²) in [5.41, 5.74) is 2.29. The molecule has 1 aromatic heterocycles. The fourth-order valence-corrected chi connectivity index (χ4v) is 2.52. The van der Waals surface area contributed by atoms with E-state index >= 15 is 0 Å².